The van der Waals surface area contributed by atoms with Gasteiger partial charge in [-0.05, 0) is 41.8 Å². The van der Waals surface area contributed by atoms with Gasteiger partial charge in [0.25, 0.3) is 0 Å². The summed E-state index contributed by atoms with van der Waals surface area (Å²) in [5.74, 6) is 0.625. The predicted octanol–water partition coefficient (Wildman–Crippen LogP) is 4.00. The first-order chi connectivity index (χ1) is 15.6. The minimum atomic E-state index is -0.143. The number of carbonyl (C=O) groups excluding carboxylic acids is 1. The first kappa shape index (κ1) is 21.5. The van der Waals surface area contributed by atoms with Crippen LogP contribution in [0.1, 0.15) is 27.4 Å². The van der Waals surface area contributed by atoms with Crippen LogP contribution >= 0.6 is 11.3 Å². The van der Waals surface area contributed by atoms with Gasteiger partial charge in [0.15, 0.2) is 0 Å². The summed E-state index contributed by atoms with van der Waals surface area (Å²) in [7, 11) is 0. The Hall–Kier alpha value is -3.78. The fourth-order valence-corrected chi connectivity index (χ4v) is 3.59. The Morgan fingerprint density at radius 3 is 2.59 bits per heavy atom. The first-order valence-electron chi connectivity index (χ1n) is 10.1. The number of hydrogen-bond donors (Lipinski definition) is 1. The van der Waals surface area contributed by atoms with Crippen molar-refractivity contribution in [3.8, 4) is 5.75 Å². The highest BCUT2D eigenvalue weighted by atomic mass is 32.1. The maximum absolute atomic E-state index is 12.1. The SMILES string of the molecule is Cc1nc(COc2ccc(/C=C/C(=O)NCc3ccc(Cn4cncn4)cc3)cc2)cs1. The number of hydrogen-bond acceptors (Lipinski definition) is 6. The van der Waals surface area contributed by atoms with Gasteiger partial charge in [-0.3, -0.25) is 4.79 Å². The molecule has 0 aliphatic carbocycles. The third-order valence-electron chi connectivity index (χ3n) is 4.66. The van der Waals surface area contributed by atoms with Gasteiger partial charge in [0, 0.05) is 18.0 Å². The number of rotatable bonds is 9. The summed E-state index contributed by atoms with van der Waals surface area (Å²) in [4.78, 5) is 20.5. The van der Waals surface area contributed by atoms with Crippen molar-refractivity contribution in [3.63, 3.8) is 0 Å². The van der Waals surface area contributed by atoms with E-state index in [2.05, 4.69) is 20.4 Å². The fraction of sp³-hybridized carbons (Fsp3) is 0.167. The standard InChI is InChI=1S/C24H23N5O2S/c1-18-28-22(15-32-18)14-31-23-9-6-19(7-10-23)8-11-24(30)26-12-20-2-4-21(5-3-20)13-29-17-25-16-27-29/h2-11,15-17H,12-14H2,1H3,(H,26,30)/b11-8+. The van der Waals surface area contributed by atoms with Gasteiger partial charge in [-0.25, -0.2) is 14.6 Å². The maximum atomic E-state index is 12.1. The monoisotopic (exact) mass is 445 g/mol. The summed E-state index contributed by atoms with van der Waals surface area (Å²) in [6, 6.07) is 15.7. The quantitative estimate of drug-likeness (QED) is 0.394. The van der Waals surface area contributed by atoms with Crippen molar-refractivity contribution in [1.82, 2.24) is 25.1 Å². The van der Waals surface area contributed by atoms with Crippen LogP contribution in [0.5, 0.6) is 5.75 Å². The number of carbonyl (C=O) groups is 1. The van der Waals surface area contributed by atoms with Gasteiger partial charge in [0.1, 0.15) is 25.0 Å². The molecule has 0 bridgehead atoms. The molecule has 1 N–H and O–H groups in total. The Balaban J connectivity index is 1.21. The number of aryl methyl sites for hydroxylation is 1. The van der Waals surface area contributed by atoms with Crippen molar-refractivity contribution in [2.45, 2.75) is 26.6 Å². The lowest BCUT2D eigenvalue weighted by Crippen LogP contribution is -2.20. The minimum Gasteiger partial charge on any atom is -0.487 e. The van der Waals surface area contributed by atoms with E-state index in [9.17, 15) is 4.79 Å². The van der Waals surface area contributed by atoms with Gasteiger partial charge in [0.2, 0.25) is 5.91 Å². The number of nitrogens with zero attached hydrogens (tertiary/aromatic N) is 4. The molecule has 0 saturated carbocycles. The molecule has 32 heavy (non-hydrogen) atoms. The normalized spacial score (nSPS) is 11.0. The third-order valence-corrected chi connectivity index (χ3v) is 5.48. The van der Waals surface area contributed by atoms with Crippen LogP contribution in [0.2, 0.25) is 0 Å². The van der Waals surface area contributed by atoms with Crippen LogP contribution in [-0.2, 0) is 24.5 Å². The number of ether oxygens (including phenoxy) is 1. The average molecular weight is 446 g/mol. The number of benzene rings is 2. The molecule has 4 rings (SSSR count). The number of aromatic nitrogens is 4. The van der Waals surface area contributed by atoms with Gasteiger partial charge in [-0.15, -0.1) is 11.3 Å². The molecule has 0 saturated heterocycles. The number of thiazole rings is 1. The van der Waals surface area contributed by atoms with Gasteiger partial charge in [0.05, 0.1) is 17.2 Å². The molecule has 0 spiro atoms. The van der Waals surface area contributed by atoms with Crippen LogP contribution in [0, 0.1) is 6.92 Å². The van der Waals surface area contributed by atoms with E-state index in [0.717, 1.165) is 33.1 Å². The van der Waals surface area contributed by atoms with Gasteiger partial charge >= 0.3 is 0 Å². The van der Waals surface area contributed by atoms with Crippen molar-refractivity contribution < 1.29 is 9.53 Å². The highest BCUT2D eigenvalue weighted by Gasteiger charge is 2.01. The lowest BCUT2D eigenvalue weighted by atomic mass is 10.1. The van der Waals surface area contributed by atoms with E-state index in [1.165, 1.54) is 12.4 Å². The summed E-state index contributed by atoms with van der Waals surface area (Å²) in [5.41, 5.74) is 4.01. The number of nitrogens with one attached hydrogen (secondary N) is 1. The Bertz CT molecular complexity index is 1170. The lowest BCUT2D eigenvalue weighted by molar-refractivity contribution is -0.116. The topological polar surface area (TPSA) is 81.9 Å². The second-order valence-electron chi connectivity index (χ2n) is 7.18. The Labute approximate surface area is 190 Å². The van der Waals surface area contributed by atoms with Crippen LogP contribution in [0.25, 0.3) is 6.08 Å². The fourth-order valence-electron chi connectivity index (χ4n) is 2.99. The maximum Gasteiger partial charge on any atom is 0.244 e. The van der Waals surface area contributed by atoms with Crippen molar-refractivity contribution in [1.29, 1.82) is 0 Å². The zero-order valence-corrected chi connectivity index (χ0v) is 18.5. The summed E-state index contributed by atoms with van der Waals surface area (Å²) in [6.45, 7) is 3.56. The van der Waals surface area contributed by atoms with Crippen LogP contribution < -0.4 is 10.1 Å². The van der Waals surface area contributed by atoms with E-state index < -0.39 is 0 Å². The molecule has 2 aromatic carbocycles. The van der Waals surface area contributed by atoms with Crippen LogP contribution in [0.4, 0.5) is 0 Å². The predicted molar refractivity (Wildman–Crippen MR) is 124 cm³/mol. The number of amides is 1. The molecule has 0 radical (unpaired) electrons. The molecule has 8 heteroatoms. The van der Waals surface area contributed by atoms with Crippen LogP contribution in [-0.4, -0.2) is 25.7 Å². The van der Waals surface area contributed by atoms with E-state index in [1.54, 1.807) is 28.4 Å². The molecule has 0 unspecified atom stereocenters. The Kier molecular flexibility index (Phi) is 7.04. The summed E-state index contributed by atoms with van der Waals surface area (Å²) >= 11 is 1.61. The highest BCUT2D eigenvalue weighted by Crippen LogP contribution is 2.16. The Morgan fingerprint density at radius 1 is 1.12 bits per heavy atom. The van der Waals surface area contributed by atoms with Crippen molar-refractivity contribution in [3.05, 3.63) is 100 Å². The molecule has 162 valence electrons. The van der Waals surface area contributed by atoms with E-state index >= 15 is 0 Å². The van der Waals surface area contributed by atoms with E-state index in [-0.39, 0.29) is 5.91 Å². The first-order valence-corrected chi connectivity index (χ1v) is 11.0. The largest absolute Gasteiger partial charge is 0.487 e. The second-order valence-corrected chi connectivity index (χ2v) is 8.24. The molecule has 4 aromatic rings. The molecule has 1 amide bonds. The zero-order valence-electron chi connectivity index (χ0n) is 17.6. The molecule has 2 heterocycles. The smallest absolute Gasteiger partial charge is 0.244 e. The zero-order chi connectivity index (χ0) is 22.2. The lowest BCUT2D eigenvalue weighted by Gasteiger charge is -2.06. The summed E-state index contributed by atoms with van der Waals surface area (Å²) < 4.78 is 7.51. The molecule has 7 nitrogen and oxygen atoms in total. The van der Waals surface area contributed by atoms with Crippen molar-refractivity contribution >= 4 is 23.3 Å². The molecule has 2 aromatic heterocycles. The molecule has 0 aliphatic heterocycles. The molecular formula is C24H23N5O2S. The average Bonchev–Trinajstić information content (AvgIpc) is 3.48. The van der Waals surface area contributed by atoms with E-state index in [4.69, 9.17) is 4.74 Å². The van der Waals surface area contributed by atoms with Gasteiger partial charge in [-0.1, -0.05) is 36.4 Å². The van der Waals surface area contributed by atoms with Crippen molar-refractivity contribution in [2.24, 2.45) is 0 Å². The molecule has 0 atom stereocenters. The van der Waals surface area contributed by atoms with Crippen LogP contribution in [0.3, 0.4) is 0 Å². The summed E-state index contributed by atoms with van der Waals surface area (Å²) in [5, 5.41) is 10.0. The molecule has 0 aliphatic rings. The van der Waals surface area contributed by atoms with Gasteiger partial charge in [-0.2, -0.15) is 5.10 Å². The molecule has 0 fully saturated rings. The third kappa shape index (κ3) is 6.36. The van der Waals surface area contributed by atoms with E-state index in [0.29, 0.717) is 19.7 Å². The van der Waals surface area contributed by atoms with Gasteiger partial charge < -0.3 is 10.1 Å². The Morgan fingerprint density at radius 2 is 1.91 bits per heavy atom. The second kappa shape index (κ2) is 10.5. The van der Waals surface area contributed by atoms with Crippen LogP contribution in [0.15, 0.2) is 72.6 Å². The minimum absolute atomic E-state index is 0.143. The molecular weight excluding hydrogens is 422 g/mol. The summed E-state index contributed by atoms with van der Waals surface area (Å²) in [6.07, 6.45) is 6.52. The highest BCUT2D eigenvalue weighted by molar-refractivity contribution is 7.09. The van der Waals surface area contributed by atoms with Crippen molar-refractivity contribution in [2.75, 3.05) is 0 Å². The van der Waals surface area contributed by atoms with E-state index in [1.807, 2.05) is 60.8 Å².